The van der Waals surface area contributed by atoms with Crippen LogP contribution in [0.25, 0.3) is 0 Å². The Hall–Kier alpha value is -1.94. The Balaban J connectivity index is 1.96. The highest BCUT2D eigenvalue weighted by Crippen LogP contribution is 2.32. The van der Waals surface area contributed by atoms with Gasteiger partial charge >= 0.3 is 12.3 Å². The Bertz CT molecular complexity index is 639. The fraction of sp³-hybridized carbons (Fsp3) is 0.529. The molecule has 0 bridgehead atoms. The van der Waals surface area contributed by atoms with Gasteiger partial charge in [-0.2, -0.15) is 22.0 Å². The third-order valence-electron chi connectivity index (χ3n) is 3.55. The quantitative estimate of drug-likeness (QED) is 0.475. The molecule has 27 heavy (non-hydrogen) atoms. The number of hydrogen-bond donors (Lipinski definition) is 0. The SMILES string of the molecule is CCCC1COC(C(F)(F)Oc2ccc(O/C=C/C(F)(F)F)c(F)c2)OC1. The van der Waals surface area contributed by atoms with Crippen molar-refractivity contribution < 1.29 is 45.3 Å². The van der Waals surface area contributed by atoms with E-state index in [0.29, 0.717) is 6.07 Å². The van der Waals surface area contributed by atoms with Crippen molar-refractivity contribution in [3.05, 3.63) is 36.4 Å². The highest BCUT2D eigenvalue weighted by molar-refractivity contribution is 5.33. The fourth-order valence-corrected chi connectivity index (χ4v) is 2.34. The van der Waals surface area contributed by atoms with E-state index in [1.807, 2.05) is 6.92 Å². The first-order chi connectivity index (χ1) is 12.6. The molecular formula is C17H18F6O4. The molecule has 2 rings (SSSR count). The average molecular weight is 400 g/mol. The lowest BCUT2D eigenvalue weighted by Gasteiger charge is -2.33. The molecule has 0 radical (unpaired) electrons. The van der Waals surface area contributed by atoms with Gasteiger partial charge < -0.3 is 18.9 Å². The van der Waals surface area contributed by atoms with E-state index < -0.39 is 35.9 Å². The van der Waals surface area contributed by atoms with E-state index in [2.05, 4.69) is 9.47 Å². The lowest BCUT2D eigenvalue weighted by atomic mass is 10.1. The number of allylic oxidation sites excluding steroid dienone is 1. The van der Waals surface area contributed by atoms with Gasteiger partial charge in [-0.1, -0.05) is 13.3 Å². The maximum absolute atomic E-state index is 14.1. The predicted molar refractivity (Wildman–Crippen MR) is 81.9 cm³/mol. The van der Waals surface area contributed by atoms with Crippen LogP contribution in [0.1, 0.15) is 19.8 Å². The van der Waals surface area contributed by atoms with Crippen molar-refractivity contribution in [1.82, 2.24) is 0 Å². The molecule has 0 atom stereocenters. The molecule has 0 saturated carbocycles. The topological polar surface area (TPSA) is 36.9 Å². The molecule has 4 nitrogen and oxygen atoms in total. The standard InChI is InChI=1S/C17H18F6O4/c1-2-3-11-9-25-15(26-10-11)17(22,23)27-12-4-5-14(13(18)8-12)24-7-6-16(19,20)21/h4-8,11,15H,2-3,9-10H2,1H3/b7-6+. The van der Waals surface area contributed by atoms with Gasteiger partial charge in [-0.05, 0) is 18.6 Å². The predicted octanol–water partition coefficient (Wildman–Crippen LogP) is 5.04. The van der Waals surface area contributed by atoms with Crippen molar-refractivity contribution >= 4 is 0 Å². The highest BCUT2D eigenvalue weighted by atomic mass is 19.4. The molecule has 1 saturated heterocycles. The van der Waals surface area contributed by atoms with Gasteiger partial charge in [0.25, 0.3) is 6.29 Å². The number of alkyl halides is 5. The van der Waals surface area contributed by atoms with Gasteiger partial charge in [0.2, 0.25) is 0 Å². The minimum Gasteiger partial charge on any atom is -0.462 e. The first-order valence-electron chi connectivity index (χ1n) is 8.11. The molecule has 152 valence electrons. The molecule has 1 aromatic carbocycles. The summed E-state index contributed by atoms with van der Waals surface area (Å²) in [6, 6.07) is 2.35. The second-order valence-corrected chi connectivity index (χ2v) is 5.87. The first kappa shape index (κ1) is 21.4. The van der Waals surface area contributed by atoms with E-state index in [-0.39, 0.29) is 31.5 Å². The smallest absolute Gasteiger partial charge is 0.451 e. The molecule has 1 aliphatic heterocycles. The zero-order valence-corrected chi connectivity index (χ0v) is 14.3. The van der Waals surface area contributed by atoms with Crippen molar-refractivity contribution in [2.45, 2.75) is 38.3 Å². The van der Waals surface area contributed by atoms with Gasteiger partial charge in [0.05, 0.1) is 25.6 Å². The molecule has 0 unspecified atom stereocenters. The summed E-state index contributed by atoms with van der Waals surface area (Å²) < 4.78 is 96.8. The maximum Gasteiger partial charge on any atom is 0.451 e. The van der Waals surface area contributed by atoms with Crippen LogP contribution < -0.4 is 9.47 Å². The van der Waals surface area contributed by atoms with Crippen molar-refractivity contribution in [2.24, 2.45) is 5.92 Å². The number of rotatable bonds is 7. The summed E-state index contributed by atoms with van der Waals surface area (Å²) >= 11 is 0. The summed E-state index contributed by atoms with van der Waals surface area (Å²) in [5.41, 5.74) is 0. The second kappa shape index (κ2) is 8.83. The molecule has 0 spiro atoms. The third-order valence-corrected chi connectivity index (χ3v) is 3.55. The van der Waals surface area contributed by atoms with Crippen LogP contribution in [0.2, 0.25) is 0 Å². The monoisotopic (exact) mass is 400 g/mol. The first-order valence-corrected chi connectivity index (χ1v) is 8.11. The van der Waals surface area contributed by atoms with Crippen LogP contribution in [-0.2, 0) is 9.47 Å². The Morgan fingerprint density at radius 1 is 1.15 bits per heavy atom. The molecule has 0 aromatic heterocycles. The minimum atomic E-state index is -4.63. The van der Waals surface area contributed by atoms with Gasteiger partial charge in [0.15, 0.2) is 11.6 Å². The average Bonchev–Trinajstić information content (AvgIpc) is 2.56. The molecule has 1 aliphatic rings. The van der Waals surface area contributed by atoms with Crippen LogP contribution in [-0.4, -0.2) is 31.8 Å². The molecular weight excluding hydrogens is 382 g/mol. The summed E-state index contributed by atoms with van der Waals surface area (Å²) in [5.74, 6) is -2.31. The van der Waals surface area contributed by atoms with Gasteiger partial charge in [-0.15, -0.1) is 0 Å². The Morgan fingerprint density at radius 2 is 1.81 bits per heavy atom. The number of ether oxygens (including phenoxy) is 4. The van der Waals surface area contributed by atoms with Crippen LogP contribution in [0.5, 0.6) is 11.5 Å². The van der Waals surface area contributed by atoms with Crippen LogP contribution in [0.3, 0.4) is 0 Å². The summed E-state index contributed by atoms with van der Waals surface area (Å²) in [4.78, 5) is 0. The fourth-order valence-electron chi connectivity index (χ4n) is 2.34. The number of benzene rings is 1. The van der Waals surface area contributed by atoms with E-state index in [0.717, 1.165) is 25.0 Å². The van der Waals surface area contributed by atoms with Crippen molar-refractivity contribution in [2.75, 3.05) is 13.2 Å². The second-order valence-electron chi connectivity index (χ2n) is 5.87. The lowest BCUT2D eigenvalue weighted by molar-refractivity contribution is -0.352. The van der Waals surface area contributed by atoms with Crippen molar-refractivity contribution in [1.29, 1.82) is 0 Å². The third kappa shape index (κ3) is 6.62. The van der Waals surface area contributed by atoms with E-state index >= 15 is 0 Å². The molecule has 0 amide bonds. The van der Waals surface area contributed by atoms with Crippen molar-refractivity contribution in [3.63, 3.8) is 0 Å². The normalized spacial score (nSPS) is 21.4. The minimum absolute atomic E-state index is 0.0145. The zero-order valence-electron chi connectivity index (χ0n) is 14.3. The molecule has 0 N–H and O–H groups in total. The van der Waals surface area contributed by atoms with Gasteiger partial charge in [0, 0.05) is 12.0 Å². The van der Waals surface area contributed by atoms with Gasteiger partial charge in [0.1, 0.15) is 5.75 Å². The molecule has 10 heteroatoms. The Labute approximate surface area is 151 Å². The molecule has 1 fully saturated rings. The summed E-state index contributed by atoms with van der Waals surface area (Å²) in [7, 11) is 0. The van der Waals surface area contributed by atoms with E-state index in [9.17, 15) is 26.3 Å². The zero-order chi connectivity index (χ0) is 20.1. The molecule has 1 heterocycles. The van der Waals surface area contributed by atoms with E-state index in [1.165, 1.54) is 0 Å². The van der Waals surface area contributed by atoms with Crippen molar-refractivity contribution in [3.8, 4) is 11.5 Å². The number of halogens is 6. The molecule has 1 aromatic rings. The summed E-state index contributed by atoms with van der Waals surface area (Å²) in [6.45, 7) is 2.12. The summed E-state index contributed by atoms with van der Waals surface area (Å²) in [6.07, 6.45) is -8.83. The Kier molecular flexibility index (Phi) is 6.99. The van der Waals surface area contributed by atoms with Crippen LogP contribution in [0.4, 0.5) is 26.3 Å². The highest BCUT2D eigenvalue weighted by Gasteiger charge is 2.47. The number of hydrogen-bond acceptors (Lipinski definition) is 4. The van der Waals surface area contributed by atoms with Gasteiger partial charge in [-0.25, -0.2) is 4.39 Å². The van der Waals surface area contributed by atoms with Crippen LogP contribution in [0, 0.1) is 11.7 Å². The maximum atomic E-state index is 14.1. The van der Waals surface area contributed by atoms with Crippen LogP contribution >= 0.6 is 0 Å². The summed E-state index contributed by atoms with van der Waals surface area (Å²) in [5, 5.41) is 0. The Morgan fingerprint density at radius 3 is 2.37 bits per heavy atom. The van der Waals surface area contributed by atoms with E-state index in [4.69, 9.17) is 9.47 Å². The van der Waals surface area contributed by atoms with Gasteiger partial charge in [-0.3, -0.25) is 0 Å². The molecule has 0 aliphatic carbocycles. The lowest BCUT2D eigenvalue weighted by Crippen LogP contribution is -2.47. The van der Waals surface area contributed by atoms with Crippen LogP contribution in [0.15, 0.2) is 30.5 Å². The van der Waals surface area contributed by atoms with E-state index in [1.54, 1.807) is 0 Å². The largest absolute Gasteiger partial charge is 0.462 e.